The molecule has 3 heteroatoms. The van der Waals surface area contributed by atoms with Gasteiger partial charge in [-0.05, 0) is 37.5 Å². The smallest absolute Gasteiger partial charge is 0.125 e. The van der Waals surface area contributed by atoms with Crippen molar-refractivity contribution in [1.82, 2.24) is 0 Å². The zero-order valence-electron chi connectivity index (χ0n) is 9.50. The lowest BCUT2D eigenvalue weighted by Crippen LogP contribution is -2.12. The third-order valence-electron chi connectivity index (χ3n) is 2.36. The number of aliphatic hydroxyl groups excluding tert-OH is 1. The van der Waals surface area contributed by atoms with Crippen molar-refractivity contribution in [3.63, 3.8) is 0 Å². The fourth-order valence-corrected chi connectivity index (χ4v) is 1.53. The highest BCUT2D eigenvalue weighted by Gasteiger charge is 2.07. The van der Waals surface area contributed by atoms with Crippen molar-refractivity contribution in [3.05, 3.63) is 29.6 Å². The van der Waals surface area contributed by atoms with Crippen LogP contribution in [0.25, 0.3) is 0 Å². The lowest BCUT2D eigenvalue weighted by Gasteiger charge is -2.18. The molecule has 84 valence electrons. The summed E-state index contributed by atoms with van der Waals surface area (Å²) in [7, 11) is 3.78. The van der Waals surface area contributed by atoms with Crippen LogP contribution in [0.5, 0.6) is 0 Å². The first-order valence-corrected chi connectivity index (χ1v) is 5.14. The van der Waals surface area contributed by atoms with Crippen molar-refractivity contribution < 1.29 is 9.50 Å². The number of aryl methyl sites for hydroxylation is 1. The number of hydrogen-bond donors (Lipinski definition) is 1. The zero-order valence-corrected chi connectivity index (χ0v) is 9.50. The Balaban J connectivity index is 2.86. The number of benzene rings is 1. The highest BCUT2D eigenvalue weighted by molar-refractivity contribution is 5.52. The van der Waals surface area contributed by atoms with Gasteiger partial charge in [-0.15, -0.1) is 0 Å². The maximum absolute atomic E-state index is 13.0. The Morgan fingerprint density at radius 1 is 1.40 bits per heavy atom. The average Bonchev–Trinajstić information content (AvgIpc) is 2.15. The minimum absolute atomic E-state index is 0.223. The third-order valence-corrected chi connectivity index (χ3v) is 2.36. The van der Waals surface area contributed by atoms with Gasteiger partial charge < -0.3 is 10.0 Å². The second-order valence-electron chi connectivity index (χ2n) is 4.06. The van der Waals surface area contributed by atoms with Crippen molar-refractivity contribution in [2.45, 2.75) is 25.9 Å². The van der Waals surface area contributed by atoms with Crippen LogP contribution in [-0.4, -0.2) is 25.3 Å². The van der Waals surface area contributed by atoms with Crippen LogP contribution in [0.4, 0.5) is 10.1 Å². The van der Waals surface area contributed by atoms with Crippen LogP contribution in [0, 0.1) is 5.82 Å². The highest BCUT2D eigenvalue weighted by Crippen LogP contribution is 2.21. The molecule has 1 aromatic rings. The Hall–Kier alpha value is -1.09. The van der Waals surface area contributed by atoms with E-state index in [1.54, 1.807) is 13.0 Å². The summed E-state index contributed by atoms with van der Waals surface area (Å²) in [6, 6.07) is 4.77. The molecule has 1 aromatic carbocycles. The summed E-state index contributed by atoms with van der Waals surface area (Å²) in [5.74, 6) is -0.223. The van der Waals surface area contributed by atoms with E-state index in [-0.39, 0.29) is 11.9 Å². The molecule has 1 N–H and O–H groups in total. The van der Waals surface area contributed by atoms with Crippen molar-refractivity contribution >= 4 is 5.69 Å². The number of anilines is 1. The van der Waals surface area contributed by atoms with Crippen LogP contribution in [0.15, 0.2) is 18.2 Å². The third kappa shape index (κ3) is 3.51. The molecule has 0 saturated carbocycles. The van der Waals surface area contributed by atoms with Gasteiger partial charge in [-0.3, -0.25) is 0 Å². The number of nitrogens with zero attached hydrogens (tertiary/aromatic N) is 1. The Labute approximate surface area is 90.3 Å². The Morgan fingerprint density at radius 3 is 2.60 bits per heavy atom. The summed E-state index contributed by atoms with van der Waals surface area (Å²) in [6.45, 7) is 1.76. The van der Waals surface area contributed by atoms with Gasteiger partial charge in [-0.25, -0.2) is 4.39 Å². The van der Waals surface area contributed by atoms with E-state index in [1.165, 1.54) is 12.1 Å². The predicted molar refractivity (Wildman–Crippen MR) is 60.7 cm³/mol. The molecule has 0 spiro atoms. The first-order valence-electron chi connectivity index (χ1n) is 5.14. The molecule has 1 rings (SSSR count). The lowest BCUT2D eigenvalue weighted by atomic mass is 10.0. The number of rotatable bonds is 4. The Bertz CT molecular complexity index is 323. The van der Waals surface area contributed by atoms with Gasteiger partial charge in [0.25, 0.3) is 0 Å². The molecular weight excluding hydrogens is 193 g/mol. The Morgan fingerprint density at radius 2 is 2.07 bits per heavy atom. The standard InChI is InChI=1S/C12H18FNO/c1-9(15)4-5-10-6-7-11(13)8-12(10)14(2)3/h6-9,15H,4-5H2,1-3H3. The molecule has 0 saturated heterocycles. The van der Waals surface area contributed by atoms with Gasteiger partial charge in [0.1, 0.15) is 5.82 Å². The summed E-state index contributed by atoms with van der Waals surface area (Å²) in [6.07, 6.45) is 1.16. The van der Waals surface area contributed by atoms with Crippen LogP contribution in [0.3, 0.4) is 0 Å². The molecule has 15 heavy (non-hydrogen) atoms. The fraction of sp³-hybridized carbons (Fsp3) is 0.500. The van der Waals surface area contributed by atoms with Gasteiger partial charge in [-0.2, -0.15) is 0 Å². The van der Waals surface area contributed by atoms with Gasteiger partial charge in [0.15, 0.2) is 0 Å². The molecule has 0 bridgehead atoms. The maximum Gasteiger partial charge on any atom is 0.125 e. The predicted octanol–water partition coefficient (Wildman–Crippen LogP) is 2.21. The summed E-state index contributed by atoms with van der Waals surface area (Å²) >= 11 is 0. The van der Waals surface area contributed by atoms with E-state index in [1.807, 2.05) is 19.0 Å². The summed E-state index contributed by atoms with van der Waals surface area (Å²) in [5.41, 5.74) is 1.96. The molecule has 0 aromatic heterocycles. The molecule has 0 fully saturated rings. The monoisotopic (exact) mass is 211 g/mol. The molecule has 2 nitrogen and oxygen atoms in total. The molecule has 0 aliphatic carbocycles. The van der Waals surface area contributed by atoms with E-state index >= 15 is 0 Å². The first-order chi connectivity index (χ1) is 7.00. The van der Waals surface area contributed by atoms with Crippen molar-refractivity contribution in [3.8, 4) is 0 Å². The van der Waals surface area contributed by atoms with Gasteiger partial charge in [0, 0.05) is 19.8 Å². The molecule has 1 unspecified atom stereocenters. The van der Waals surface area contributed by atoms with Gasteiger partial charge in [0.2, 0.25) is 0 Å². The molecular formula is C12H18FNO. The van der Waals surface area contributed by atoms with Gasteiger partial charge >= 0.3 is 0 Å². The summed E-state index contributed by atoms with van der Waals surface area (Å²) < 4.78 is 13.0. The quantitative estimate of drug-likeness (QED) is 0.825. The zero-order chi connectivity index (χ0) is 11.4. The van der Waals surface area contributed by atoms with E-state index < -0.39 is 0 Å². The molecule has 0 aliphatic rings. The average molecular weight is 211 g/mol. The first kappa shape index (κ1) is 12.0. The second kappa shape index (κ2) is 5.12. The lowest BCUT2D eigenvalue weighted by molar-refractivity contribution is 0.185. The van der Waals surface area contributed by atoms with Crippen molar-refractivity contribution in [2.24, 2.45) is 0 Å². The fourth-order valence-electron chi connectivity index (χ4n) is 1.53. The highest BCUT2D eigenvalue weighted by atomic mass is 19.1. The molecule has 1 atom stereocenters. The molecule has 0 amide bonds. The van der Waals surface area contributed by atoms with E-state index in [0.29, 0.717) is 6.42 Å². The van der Waals surface area contributed by atoms with Gasteiger partial charge in [-0.1, -0.05) is 6.07 Å². The Kier molecular flexibility index (Phi) is 4.09. The SMILES string of the molecule is CC(O)CCc1ccc(F)cc1N(C)C. The number of aliphatic hydroxyl groups is 1. The molecule has 0 heterocycles. The van der Waals surface area contributed by atoms with Gasteiger partial charge in [0.05, 0.1) is 6.10 Å². The topological polar surface area (TPSA) is 23.5 Å². The van der Waals surface area contributed by atoms with E-state index in [2.05, 4.69) is 0 Å². The minimum atomic E-state index is -0.315. The largest absolute Gasteiger partial charge is 0.393 e. The van der Waals surface area contributed by atoms with Crippen LogP contribution >= 0.6 is 0 Å². The van der Waals surface area contributed by atoms with E-state index in [0.717, 1.165) is 17.7 Å². The van der Waals surface area contributed by atoms with Crippen LogP contribution in [-0.2, 0) is 6.42 Å². The normalized spacial score (nSPS) is 12.6. The van der Waals surface area contributed by atoms with Crippen LogP contribution < -0.4 is 4.90 Å². The minimum Gasteiger partial charge on any atom is -0.393 e. The molecule has 0 radical (unpaired) electrons. The van der Waals surface area contributed by atoms with Crippen molar-refractivity contribution in [2.75, 3.05) is 19.0 Å². The molecule has 0 aliphatic heterocycles. The second-order valence-corrected chi connectivity index (χ2v) is 4.06. The van der Waals surface area contributed by atoms with Crippen LogP contribution in [0.1, 0.15) is 18.9 Å². The summed E-state index contributed by atoms with van der Waals surface area (Å²) in [4.78, 5) is 1.89. The van der Waals surface area contributed by atoms with E-state index in [9.17, 15) is 9.50 Å². The van der Waals surface area contributed by atoms with E-state index in [4.69, 9.17) is 0 Å². The number of hydrogen-bond acceptors (Lipinski definition) is 2. The van der Waals surface area contributed by atoms with Crippen LogP contribution in [0.2, 0.25) is 0 Å². The number of halogens is 1. The van der Waals surface area contributed by atoms with Crippen molar-refractivity contribution in [1.29, 1.82) is 0 Å². The summed E-state index contributed by atoms with van der Waals surface area (Å²) in [5, 5.41) is 9.21. The maximum atomic E-state index is 13.0.